The van der Waals surface area contributed by atoms with Gasteiger partial charge in [-0.05, 0) is 50.3 Å². The van der Waals surface area contributed by atoms with Gasteiger partial charge in [0.15, 0.2) is 0 Å². The van der Waals surface area contributed by atoms with Crippen molar-refractivity contribution < 1.29 is 4.74 Å². The summed E-state index contributed by atoms with van der Waals surface area (Å²) < 4.78 is 5.53. The first-order chi connectivity index (χ1) is 9.34. The van der Waals surface area contributed by atoms with Crippen LogP contribution in [0.5, 0.6) is 0 Å². The van der Waals surface area contributed by atoms with Crippen LogP contribution in [0.25, 0.3) is 0 Å². The SMILES string of the molecule is COC(C)(C)CCC(CNC(C)C)c1ccc(Cl)cc1. The van der Waals surface area contributed by atoms with Gasteiger partial charge in [0.25, 0.3) is 0 Å². The van der Waals surface area contributed by atoms with Gasteiger partial charge in [-0.25, -0.2) is 0 Å². The van der Waals surface area contributed by atoms with Crippen molar-refractivity contribution in [3.05, 3.63) is 34.9 Å². The van der Waals surface area contributed by atoms with E-state index in [2.05, 4.69) is 45.1 Å². The largest absolute Gasteiger partial charge is 0.379 e. The number of halogens is 1. The molecule has 1 atom stereocenters. The minimum atomic E-state index is -0.0670. The van der Waals surface area contributed by atoms with Crippen LogP contribution >= 0.6 is 11.6 Å². The van der Waals surface area contributed by atoms with Crippen molar-refractivity contribution in [2.24, 2.45) is 0 Å². The molecule has 1 aromatic rings. The van der Waals surface area contributed by atoms with Crippen molar-refractivity contribution in [3.8, 4) is 0 Å². The van der Waals surface area contributed by atoms with Crippen LogP contribution in [0, 0.1) is 0 Å². The molecule has 0 aliphatic rings. The van der Waals surface area contributed by atoms with Crippen LogP contribution in [0.3, 0.4) is 0 Å². The molecule has 2 nitrogen and oxygen atoms in total. The van der Waals surface area contributed by atoms with Gasteiger partial charge in [0, 0.05) is 24.7 Å². The van der Waals surface area contributed by atoms with Crippen LogP contribution in [0.2, 0.25) is 5.02 Å². The molecule has 1 unspecified atom stereocenters. The number of methoxy groups -OCH3 is 1. The standard InChI is InChI=1S/C17H28ClNO/c1-13(2)19-12-15(10-11-17(3,4)20-5)14-6-8-16(18)9-7-14/h6-9,13,15,19H,10-12H2,1-5H3. The summed E-state index contributed by atoms with van der Waals surface area (Å²) in [5.41, 5.74) is 1.28. The smallest absolute Gasteiger partial charge is 0.0623 e. The molecule has 1 rings (SSSR count). The van der Waals surface area contributed by atoms with E-state index >= 15 is 0 Å². The molecule has 0 saturated heterocycles. The summed E-state index contributed by atoms with van der Waals surface area (Å²) in [7, 11) is 1.78. The molecule has 3 heteroatoms. The first kappa shape index (κ1) is 17.5. The number of hydrogen-bond acceptors (Lipinski definition) is 2. The highest BCUT2D eigenvalue weighted by Crippen LogP contribution is 2.27. The quantitative estimate of drug-likeness (QED) is 0.755. The molecule has 0 spiro atoms. The molecule has 1 aromatic carbocycles. The van der Waals surface area contributed by atoms with E-state index in [1.165, 1.54) is 5.56 Å². The topological polar surface area (TPSA) is 21.3 Å². The van der Waals surface area contributed by atoms with E-state index in [0.717, 1.165) is 24.4 Å². The van der Waals surface area contributed by atoms with Crippen LogP contribution in [0.4, 0.5) is 0 Å². The first-order valence-corrected chi connectivity index (χ1v) is 7.76. The highest BCUT2D eigenvalue weighted by atomic mass is 35.5. The monoisotopic (exact) mass is 297 g/mol. The lowest BCUT2D eigenvalue weighted by Gasteiger charge is -2.27. The predicted molar refractivity (Wildman–Crippen MR) is 87.7 cm³/mol. The average molecular weight is 298 g/mol. The van der Waals surface area contributed by atoms with Crippen LogP contribution < -0.4 is 5.32 Å². The average Bonchev–Trinajstić information content (AvgIpc) is 2.40. The van der Waals surface area contributed by atoms with Gasteiger partial charge in [-0.1, -0.05) is 37.6 Å². The molecule has 0 fully saturated rings. The van der Waals surface area contributed by atoms with Crippen LogP contribution in [0.15, 0.2) is 24.3 Å². The van der Waals surface area contributed by atoms with Crippen LogP contribution in [0.1, 0.15) is 52.0 Å². The van der Waals surface area contributed by atoms with Gasteiger partial charge in [-0.15, -0.1) is 0 Å². The number of rotatable bonds is 8. The van der Waals surface area contributed by atoms with E-state index in [9.17, 15) is 0 Å². The van der Waals surface area contributed by atoms with Gasteiger partial charge in [0.2, 0.25) is 0 Å². The van der Waals surface area contributed by atoms with Gasteiger partial charge in [0.05, 0.1) is 5.60 Å². The van der Waals surface area contributed by atoms with Gasteiger partial charge >= 0.3 is 0 Å². The Morgan fingerprint density at radius 2 is 1.80 bits per heavy atom. The third-order valence-corrected chi connectivity index (χ3v) is 4.01. The molecule has 114 valence electrons. The lowest BCUT2D eigenvalue weighted by Crippen LogP contribution is -2.30. The van der Waals surface area contributed by atoms with E-state index in [1.807, 2.05) is 12.1 Å². The zero-order chi connectivity index (χ0) is 15.2. The van der Waals surface area contributed by atoms with E-state index in [0.29, 0.717) is 12.0 Å². The number of ether oxygens (including phenoxy) is 1. The Kier molecular flexibility index (Phi) is 7.01. The zero-order valence-corrected chi connectivity index (χ0v) is 14.1. The normalized spacial score (nSPS) is 13.8. The number of benzene rings is 1. The molecule has 0 amide bonds. The minimum Gasteiger partial charge on any atom is -0.379 e. The molecule has 0 aromatic heterocycles. The Balaban J connectivity index is 2.72. The second-order valence-corrected chi connectivity index (χ2v) is 6.75. The Bertz CT molecular complexity index is 386. The van der Waals surface area contributed by atoms with Gasteiger partial charge in [0.1, 0.15) is 0 Å². The van der Waals surface area contributed by atoms with Crippen molar-refractivity contribution >= 4 is 11.6 Å². The highest BCUT2D eigenvalue weighted by molar-refractivity contribution is 6.30. The molecule has 0 aliphatic carbocycles. The Labute approximate surface area is 128 Å². The van der Waals surface area contributed by atoms with Crippen molar-refractivity contribution in [2.75, 3.05) is 13.7 Å². The summed E-state index contributed by atoms with van der Waals surface area (Å²) in [6.07, 6.45) is 2.14. The first-order valence-electron chi connectivity index (χ1n) is 7.38. The number of hydrogen-bond donors (Lipinski definition) is 1. The van der Waals surface area contributed by atoms with E-state index in [1.54, 1.807) is 7.11 Å². The van der Waals surface area contributed by atoms with Crippen LogP contribution in [-0.2, 0) is 4.74 Å². The summed E-state index contributed by atoms with van der Waals surface area (Å²) in [5, 5.41) is 4.33. The maximum Gasteiger partial charge on any atom is 0.0623 e. The summed E-state index contributed by atoms with van der Waals surface area (Å²) in [6.45, 7) is 9.62. The van der Waals surface area contributed by atoms with Crippen molar-refractivity contribution in [1.29, 1.82) is 0 Å². The fourth-order valence-electron chi connectivity index (χ4n) is 2.12. The molecular weight excluding hydrogens is 270 g/mol. The fourth-order valence-corrected chi connectivity index (χ4v) is 2.25. The van der Waals surface area contributed by atoms with Crippen molar-refractivity contribution in [3.63, 3.8) is 0 Å². The zero-order valence-electron chi connectivity index (χ0n) is 13.4. The van der Waals surface area contributed by atoms with E-state index in [-0.39, 0.29) is 5.60 Å². The third-order valence-electron chi connectivity index (χ3n) is 3.76. The second kappa shape index (κ2) is 8.02. The summed E-state index contributed by atoms with van der Waals surface area (Å²) >= 11 is 5.98. The summed E-state index contributed by atoms with van der Waals surface area (Å²) in [6, 6.07) is 8.71. The molecular formula is C17H28ClNO. The summed E-state index contributed by atoms with van der Waals surface area (Å²) in [4.78, 5) is 0. The highest BCUT2D eigenvalue weighted by Gasteiger charge is 2.20. The Hall–Kier alpha value is -0.570. The lowest BCUT2D eigenvalue weighted by atomic mass is 9.89. The Morgan fingerprint density at radius 3 is 2.30 bits per heavy atom. The maximum absolute atomic E-state index is 5.98. The predicted octanol–water partition coefficient (Wildman–Crippen LogP) is 4.63. The number of nitrogens with one attached hydrogen (secondary N) is 1. The van der Waals surface area contributed by atoms with Crippen molar-refractivity contribution in [1.82, 2.24) is 5.32 Å². The second-order valence-electron chi connectivity index (χ2n) is 6.31. The van der Waals surface area contributed by atoms with Gasteiger partial charge in [-0.2, -0.15) is 0 Å². The van der Waals surface area contributed by atoms with Gasteiger partial charge in [-0.3, -0.25) is 0 Å². The van der Waals surface area contributed by atoms with Crippen molar-refractivity contribution in [2.45, 2.75) is 58.1 Å². The van der Waals surface area contributed by atoms with E-state index < -0.39 is 0 Å². The molecule has 0 aliphatic heterocycles. The molecule has 0 radical (unpaired) electrons. The fraction of sp³-hybridized carbons (Fsp3) is 0.647. The summed E-state index contributed by atoms with van der Waals surface area (Å²) in [5.74, 6) is 0.490. The third kappa shape index (κ3) is 6.25. The minimum absolute atomic E-state index is 0.0670. The van der Waals surface area contributed by atoms with E-state index in [4.69, 9.17) is 16.3 Å². The Morgan fingerprint density at radius 1 is 1.20 bits per heavy atom. The maximum atomic E-state index is 5.98. The molecule has 1 N–H and O–H groups in total. The molecule has 0 bridgehead atoms. The molecule has 20 heavy (non-hydrogen) atoms. The molecule has 0 heterocycles. The van der Waals surface area contributed by atoms with Gasteiger partial charge < -0.3 is 10.1 Å². The lowest BCUT2D eigenvalue weighted by molar-refractivity contribution is 0.0124. The molecule has 0 saturated carbocycles. The van der Waals surface area contributed by atoms with Crippen LogP contribution in [-0.4, -0.2) is 25.3 Å².